The molecule has 1 aromatic carbocycles. The number of benzene rings is 1. The number of amides is 2. The van der Waals surface area contributed by atoms with Gasteiger partial charge in [-0.25, -0.2) is 4.79 Å². The van der Waals surface area contributed by atoms with Gasteiger partial charge in [0, 0.05) is 45.8 Å². The molecule has 7 nitrogen and oxygen atoms in total. The molecule has 184 valence electrons. The van der Waals surface area contributed by atoms with Crippen molar-refractivity contribution in [2.45, 2.75) is 44.6 Å². The van der Waals surface area contributed by atoms with Gasteiger partial charge in [0.05, 0.1) is 11.7 Å². The highest BCUT2D eigenvalue weighted by molar-refractivity contribution is 5.77. The normalized spacial score (nSPS) is 36.8. The molecule has 2 saturated heterocycles. The van der Waals surface area contributed by atoms with Gasteiger partial charge in [-0.2, -0.15) is 0 Å². The van der Waals surface area contributed by atoms with Gasteiger partial charge in [-0.1, -0.05) is 6.07 Å². The Bertz CT molecular complexity index is 909. The number of rotatable bonds is 5. The van der Waals surface area contributed by atoms with Gasteiger partial charge >= 0.3 is 6.03 Å². The van der Waals surface area contributed by atoms with E-state index in [4.69, 9.17) is 9.47 Å². The van der Waals surface area contributed by atoms with Crippen LogP contribution in [-0.2, 0) is 0 Å². The second-order valence-corrected chi connectivity index (χ2v) is 11.8. The summed E-state index contributed by atoms with van der Waals surface area (Å²) < 4.78 is 11.7. The second-order valence-electron chi connectivity index (χ2n) is 11.8. The molecule has 6 fully saturated rings. The lowest BCUT2D eigenvalue weighted by molar-refractivity contribution is -0.0860. The van der Waals surface area contributed by atoms with Crippen LogP contribution in [0.25, 0.3) is 0 Å². The number of para-hydroxylation sites is 1. The Hall–Kier alpha value is -2.15. The number of fused-ring (bicyclic) bond motifs is 1. The minimum absolute atomic E-state index is 0.174. The van der Waals surface area contributed by atoms with Crippen molar-refractivity contribution >= 4 is 11.7 Å². The van der Waals surface area contributed by atoms with Crippen molar-refractivity contribution in [3.63, 3.8) is 0 Å². The van der Waals surface area contributed by atoms with E-state index in [9.17, 15) is 4.79 Å². The maximum atomic E-state index is 12.9. The van der Waals surface area contributed by atoms with E-state index < -0.39 is 0 Å². The van der Waals surface area contributed by atoms with Crippen LogP contribution >= 0.6 is 0 Å². The van der Waals surface area contributed by atoms with E-state index >= 15 is 0 Å². The molecule has 4 aliphatic carbocycles. The summed E-state index contributed by atoms with van der Waals surface area (Å²) in [6.45, 7) is 7.91. The highest BCUT2D eigenvalue weighted by Crippen LogP contribution is 2.62. The van der Waals surface area contributed by atoms with Gasteiger partial charge in [0.25, 0.3) is 0 Å². The molecular weight excluding hydrogens is 428 g/mol. The summed E-state index contributed by atoms with van der Waals surface area (Å²) in [5, 5.41) is 3.22. The fourth-order valence-corrected chi connectivity index (χ4v) is 8.70. The molecular formula is C27H38N4O3. The van der Waals surface area contributed by atoms with Crippen LogP contribution in [-0.4, -0.2) is 80.9 Å². The largest absolute Gasteiger partial charge is 0.486 e. The van der Waals surface area contributed by atoms with E-state index in [-0.39, 0.29) is 6.03 Å². The van der Waals surface area contributed by atoms with Gasteiger partial charge in [-0.15, -0.1) is 0 Å². The van der Waals surface area contributed by atoms with E-state index in [0.717, 1.165) is 80.8 Å². The van der Waals surface area contributed by atoms with Crippen molar-refractivity contribution in [1.82, 2.24) is 15.1 Å². The molecule has 3 aliphatic heterocycles. The first kappa shape index (κ1) is 21.2. The maximum Gasteiger partial charge on any atom is 0.317 e. The smallest absolute Gasteiger partial charge is 0.317 e. The molecule has 0 radical (unpaired) electrons. The molecule has 7 heteroatoms. The number of nitrogens with zero attached hydrogens (tertiary/aromatic N) is 3. The standard InChI is InChI=1S/C27H38N4O3/c32-26-28-18-24(27-15-19-12-20(16-27)14-21(13-19)17-27)31(26)9-6-29-4-7-30(8-5-29)22-2-1-3-23-25(22)34-11-10-33-23/h1-3,19-21,24H,4-18H2,(H,28,32). The summed E-state index contributed by atoms with van der Waals surface area (Å²) in [6, 6.07) is 6.78. The SMILES string of the molecule is O=C1NCC(C23CC4CC(CC(C4)C2)C3)N1CCN1CCN(c2cccc3c2OCCO3)CC1. The molecule has 1 atom stereocenters. The Labute approximate surface area is 202 Å². The van der Waals surface area contributed by atoms with Crippen molar-refractivity contribution in [2.75, 3.05) is 63.9 Å². The van der Waals surface area contributed by atoms with Gasteiger partial charge in [-0.05, 0) is 73.8 Å². The topological polar surface area (TPSA) is 57.3 Å². The zero-order chi connectivity index (χ0) is 22.7. The van der Waals surface area contributed by atoms with Crippen molar-refractivity contribution < 1.29 is 14.3 Å². The summed E-state index contributed by atoms with van der Waals surface area (Å²) in [7, 11) is 0. The first-order chi connectivity index (χ1) is 16.7. The van der Waals surface area contributed by atoms with E-state index in [1.54, 1.807) is 0 Å². The summed E-state index contributed by atoms with van der Waals surface area (Å²) >= 11 is 0. The number of ether oxygens (including phenoxy) is 2. The van der Waals surface area contributed by atoms with Crippen LogP contribution in [0.4, 0.5) is 10.5 Å². The minimum Gasteiger partial charge on any atom is -0.486 e. The van der Waals surface area contributed by atoms with E-state index in [1.165, 1.54) is 38.5 Å². The number of carbonyl (C=O) groups is 1. The Balaban J connectivity index is 0.982. The average molecular weight is 467 g/mol. The number of carbonyl (C=O) groups excluding carboxylic acids is 1. The van der Waals surface area contributed by atoms with Crippen LogP contribution in [0, 0.1) is 23.2 Å². The van der Waals surface area contributed by atoms with E-state index in [2.05, 4.69) is 32.1 Å². The molecule has 7 aliphatic rings. The van der Waals surface area contributed by atoms with Crippen LogP contribution in [0.2, 0.25) is 0 Å². The number of hydrogen-bond acceptors (Lipinski definition) is 5. The molecule has 4 bridgehead atoms. The molecule has 1 N–H and O–H groups in total. The maximum absolute atomic E-state index is 12.9. The Morgan fingerprint density at radius 2 is 1.62 bits per heavy atom. The molecule has 0 aromatic heterocycles. The number of hydrogen-bond donors (Lipinski definition) is 1. The fraction of sp³-hybridized carbons (Fsp3) is 0.741. The van der Waals surface area contributed by atoms with Crippen LogP contribution < -0.4 is 19.7 Å². The van der Waals surface area contributed by atoms with Crippen LogP contribution in [0.1, 0.15) is 38.5 Å². The van der Waals surface area contributed by atoms with Crippen molar-refractivity contribution in [3.8, 4) is 11.5 Å². The highest BCUT2D eigenvalue weighted by Gasteiger charge is 2.57. The predicted octanol–water partition coefficient (Wildman–Crippen LogP) is 3.19. The van der Waals surface area contributed by atoms with E-state index in [0.29, 0.717) is 24.7 Å². The third kappa shape index (κ3) is 3.53. The van der Waals surface area contributed by atoms with Crippen molar-refractivity contribution in [3.05, 3.63) is 18.2 Å². The van der Waals surface area contributed by atoms with Gasteiger partial charge in [0.2, 0.25) is 0 Å². The Morgan fingerprint density at radius 3 is 2.35 bits per heavy atom. The van der Waals surface area contributed by atoms with Crippen LogP contribution in [0.3, 0.4) is 0 Å². The minimum atomic E-state index is 0.174. The van der Waals surface area contributed by atoms with E-state index in [1.807, 2.05) is 6.07 Å². The molecule has 3 heterocycles. The summed E-state index contributed by atoms with van der Waals surface area (Å²) in [5.41, 5.74) is 1.54. The average Bonchev–Trinajstić information content (AvgIpc) is 3.23. The lowest BCUT2D eigenvalue weighted by atomic mass is 9.47. The van der Waals surface area contributed by atoms with Gasteiger partial charge in [0.15, 0.2) is 11.5 Å². The predicted molar refractivity (Wildman–Crippen MR) is 131 cm³/mol. The van der Waals surface area contributed by atoms with Gasteiger partial charge in [0.1, 0.15) is 13.2 Å². The van der Waals surface area contributed by atoms with Gasteiger partial charge < -0.3 is 24.6 Å². The number of anilines is 1. The molecule has 1 aromatic rings. The highest BCUT2D eigenvalue weighted by atomic mass is 16.6. The quantitative estimate of drug-likeness (QED) is 0.722. The molecule has 1 unspecified atom stereocenters. The molecule has 4 saturated carbocycles. The second kappa shape index (κ2) is 8.21. The third-order valence-corrected chi connectivity index (χ3v) is 9.79. The molecule has 8 rings (SSSR count). The molecule has 34 heavy (non-hydrogen) atoms. The molecule has 0 spiro atoms. The Kier molecular flexibility index (Phi) is 5.11. The van der Waals surface area contributed by atoms with Crippen LogP contribution in [0.15, 0.2) is 18.2 Å². The Morgan fingerprint density at radius 1 is 0.912 bits per heavy atom. The van der Waals surface area contributed by atoms with Crippen molar-refractivity contribution in [2.24, 2.45) is 23.2 Å². The monoisotopic (exact) mass is 466 g/mol. The number of urea groups is 1. The first-order valence-electron chi connectivity index (χ1n) is 13.6. The zero-order valence-electron chi connectivity index (χ0n) is 20.2. The zero-order valence-corrected chi connectivity index (χ0v) is 20.2. The fourth-order valence-electron chi connectivity index (χ4n) is 8.70. The number of nitrogens with one attached hydrogen (secondary N) is 1. The molecule has 2 amide bonds. The first-order valence-corrected chi connectivity index (χ1v) is 13.6. The lowest BCUT2D eigenvalue weighted by Crippen LogP contribution is -2.57. The summed E-state index contributed by atoms with van der Waals surface area (Å²) in [5.74, 6) is 4.54. The summed E-state index contributed by atoms with van der Waals surface area (Å²) in [6.07, 6.45) is 8.46. The number of piperazine rings is 1. The third-order valence-electron chi connectivity index (χ3n) is 9.79. The lowest BCUT2D eigenvalue weighted by Gasteiger charge is -2.59. The van der Waals surface area contributed by atoms with Crippen LogP contribution in [0.5, 0.6) is 11.5 Å². The van der Waals surface area contributed by atoms with Crippen molar-refractivity contribution in [1.29, 1.82) is 0 Å². The van der Waals surface area contributed by atoms with Gasteiger partial charge in [-0.3, -0.25) is 4.90 Å². The summed E-state index contributed by atoms with van der Waals surface area (Å²) in [4.78, 5) is 20.1.